The Kier molecular flexibility index (Phi) is 3.85. The summed E-state index contributed by atoms with van der Waals surface area (Å²) < 4.78 is 7.10. The third kappa shape index (κ3) is 2.57. The Morgan fingerprint density at radius 2 is 2.18 bits per heavy atom. The van der Waals surface area contributed by atoms with Crippen LogP contribution in [0.2, 0.25) is 5.02 Å². The molecule has 1 aromatic carbocycles. The van der Waals surface area contributed by atoms with Crippen LogP contribution in [0.1, 0.15) is 11.3 Å². The second kappa shape index (κ2) is 5.81. The zero-order valence-electron chi connectivity index (χ0n) is 12.6. The lowest BCUT2D eigenvalue weighted by atomic mass is 10.2. The molecule has 7 heteroatoms. The first-order chi connectivity index (χ1) is 10.6. The molecule has 114 valence electrons. The van der Waals surface area contributed by atoms with E-state index in [9.17, 15) is 0 Å². The maximum Gasteiger partial charge on any atom is 0.216 e. The number of hydrogen-bond acceptors (Lipinski definition) is 5. The highest BCUT2D eigenvalue weighted by atomic mass is 35.5. The number of fused-ring (bicyclic) bond motifs is 1. The van der Waals surface area contributed by atoms with Crippen molar-refractivity contribution in [1.29, 1.82) is 0 Å². The van der Waals surface area contributed by atoms with Crippen molar-refractivity contribution in [3.05, 3.63) is 40.7 Å². The number of ether oxygens (including phenoxy) is 1. The molecule has 0 radical (unpaired) electrons. The largest absolute Gasteiger partial charge is 0.481 e. The molecule has 0 fully saturated rings. The number of nitrogens with zero attached hydrogens (tertiary/aromatic N) is 4. The summed E-state index contributed by atoms with van der Waals surface area (Å²) >= 11 is 6.09. The van der Waals surface area contributed by atoms with Gasteiger partial charge in [0.05, 0.1) is 35.1 Å². The molecule has 0 saturated carbocycles. The van der Waals surface area contributed by atoms with Crippen LogP contribution in [-0.4, -0.2) is 26.9 Å². The Bertz CT molecular complexity index is 830. The monoisotopic (exact) mass is 317 g/mol. The van der Waals surface area contributed by atoms with E-state index in [0.717, 1.165) is 22.7 Å². The van der Waals surface area contributed by atoms with E-state index in [0.29, 0.717) is 22.9 Å². The van der Waals surface area contributed by atoms with Crippen molar-refractivity contribution < 1.29 is 4.74 Å². The minimum Gasteiger partial charge on any atom is -0.481 e. The van der Waals surface area contributed by atoms with Crippen molar-refractivity contribution in [2.24, 2.45) is 7.05 Å². The van der Waals surface area contributed by atoms with E-state index in [1.165, 1.54) is 0 Å². The van der Waals surface area contributed by atoms with Crippen molar-refractivity contribution in [2.75, 3.05) is 12.4 Å². The molecule has 6 nitrogen and oxygen atoms in total. The Morgan fingerprint density at radius 1 is 1.36 bits per heavy atom. The molecular formula is C15H16ClN5O. The maximum atomic E-state index is 6.09. The fourth-order valence-electron chi connectivity index (χ4n) is 2.41. The van der Waals surface area contributed by atoms with E-state index < -0.39 is 0 Å². The Morgan fingerprint density at radius 3 is 2.95 bits per heavy atom. The first kappa shape index (κ1) is 14.6. The average molecular weight is 318 g/mol. The number of para-hydroxylation sites is 1. The summed E-state index contributed by atoms with van der Waals surface area (Å²) in [7, 11) is 3.49. The molecule has 0 saturated heterocycles. The highest BCUT2D eigenvalue weighted by molar-refractivity contribution is 6.34. The SMILES string of the molecule is COc1c(CNc2cnc3c(Cl)cccc3n2)c(C)nn1C. The minimum atomic E-state index is 0.559. The fraction of sp³-hybridized carbons (Fsp3) is 0.267. The summed E-state index contributed by atoms with van der Waals surface area (Å²) in [5.74, 6) is 1.42. The first-order valence-electron chi connectivity index (χ1n) is 6.81. The molecule has 0 atom stereocenters. The standard InChI is InChI=1S/C15H16ClN5O/c1-9-10(15(22-3)21(2)20-9)7-17-13-8-18-14-11(16)5-4-6-12(14)19-13/h4-6,8H,7H2,1-3H3,(H,17,19). The number of aromatic nitrogens is 4. The quantitative estimate of drug-likeness (QED) is 0.801. The second-order valence-corrected chi connectivity index (χ2v) is 5.32. The van der Waals surface area contributed by atoms with Crippen molar-refractivity contribution in [2.45, 2.75) is 13.5 Å². The van der Waals surface area contributed by atoms with Crippen LogP contribution in [0.5, 0.6) is 5.88 Å². The Labute approximate surface area is 133 Å². The second-order valence-electron chi connectivity index (χ2n) is 4.91. The first-order valence-corrected chi connectivity index (χ1v) is 7.19. The highest BCUT2D eigenvalue weighted by Gasteiger charge is 2.13. The predicted octanol–water partition coefficient (Wildman–Crippen LogP) is 2.95. The van der Waals surface area contributed by atoms with Crippen molar-refractivity contribution >= 4 is 28.5 Å². The van der Waals surface area contributed by atoms with Gasteiger partial charge in [0.2, 0.25) is 5.88 Å². The van der Waals surface area contributed by atoms with Gasteiger partial charge in [0.25, 0.3) is 0 Å². The maximum absolute atomic E-state index is 6.09. The number of nitrogens with one attached hydrogen (secondary N) is 1. The van der Waals surface area contributed by atoms with Crippen LogP contribution in [0.15, 0.2) is 24.4 Å². The lowest BCUT2D eigenvalue weighted by Gasteiger charge is -2.08. The van der Waals surface area contributed by atoms with Crippen LogP contribution >= 0.6 is 11.6 Å². The molecule has 2 heterocycles. The molecule has 3 aromatic rings. The van der Waals surface area contributed by atoms with Crippen LogP contribution in [0, 0.1) is 6.92 Å². The fourth-order valence-corrected chi connectivity index (χ4v) is 2.63. The Balaban J connectivity index is 1.85. The zero-order chi connectivity index (χ0) is 15.7. The van der Waals surface area contributed by atoms with E-state index in [1.807, 2.05) is 26.1 Å². The van der Waals surface area contributed by atoms with Crippen molar-refractivity contribution in [3.8, 4) is 5.88 Å². The van der Waals surface area contributed by atoms with Gasteiger partial charge in [-0.15, -0.1) is 0 Å². The summed E-state index contributed by atoms with van der Waals surface area (Å²) in [5, 5.41) is 8.20. The molecule has 0 amide bonds. The van der Waals surface area contributed by atoms with Crippen molar-refractivity contribution in [3.63, 3.8) is 0 Å². The highest BCUT2D eigenvalue weighted by Crippen LogP contribution is 2.23. The number of halogens is 1. The van der Waals surface area contributed by atoms with Gasteiger partial charge < -0.3 is 10.1 Å². The molecule has 0 aliphatic carbocycles. The van der Waals surface area contributed by atoms with Crippen LogP contribution in [0.25, 0.3) is 11.0 Å². The topological polar surface area (TPSA) is 64.9 Å². The molecule has 1 N–H and O–H groups in total. The number of hydrogen-bond donors (Lipinski definition) is 1. The lowest BCUT2D eigenvalue weighted by Crippen LogP contribution is -2.04. The third-order valence-corrected chi connectivity index (χ3v) is 3.76. The van der Waals surface area contributed by atoms with E-state index in [2.05, 4.69) is 20.4 Å². The van der Waals surface area contributed by atoms with Crippen molar-refractivity contribution in [1.82, 2.24) is 19.7 Å². The predicted molar refractivity (Wildman–Crippen MR) is 86.4 cm³/mol. The van der Waals surface area contributed by atoms with E-state index >= 15 is 0 Å². The van der Waals surface area contributed by atoms with Gasteiger partial charge >= 0.3 is 0 Å². The molecule has 2 aromatic heterocycles. The van der Waals surface area contributed by atoms with Gasteiger partial charge in [-0.2, -0.15) is 5.10 Å². The molecular weight excluding hydrogens is 302 g/mol. The summed E-state index contributed by atoms with van der Waals surface area (Å²) in [6.45, 7) is 2.51. The van der Waals surface area contributed by atoms with Crippen LogP contribution in [-0.2, 0) is 13.6 Å². The minimum absolute atomic E-state index is 0.559. The van der Waals surface area contributed by atoms with E-state index in [1.54, 1.807) is 24.1 Å². The number of rotatable bonds is 4. The van der Waals surface area contributed by atoms with Gasteiger partial charge in [0.1, 0.15) is 11.3 Å². The number of aryl methyl sites for hydroxylation is 2. The molecule has 0 aliphatic heterocycles. The molecule has 22 heavy (non-hydrogen) atoms. The summed E-state index contributed by atoms with van der Waals surface area (Å²) in [6, 6.07) is 5.54. The molecule has 0 aliphatic rings. The summed E-state index contributed by atoms with van der Waals surface area (Å²) in [6.07, 6.45) is 1.67. The molecule has 3 rings (SSSR count). The van der Waals surface area contributed by atoms with Gasteiger partial charge in [-0.25, -0.2) is 14.6 Å². The number of methoxy groups -OCH3 is 1. The number of anilines is 1. The zero-order valence-corrected chi connectivity index (χ0v) is 13.3. The van der Waals surface area contributed by atoms with Crippen LogP contribution < -0.4 is 10.1 Å². The van der Waals surface area contributed by atoms with Gasteiger partial charge in [-0.05, 0) is 19.1 Å². The molecule has 0 bridgehead atoms. The summed E-state index contributed by atoms with van der Waals surface area (Å²) in [5.41, 5.74) is 3.37. The lowest BCUT2D eigenvalue weighted by molar-refractivity contribution is 0.370. The van der Waals surface area contributed by atoms with E-state index in [-0.39, 0.29) is 0 Å². The van der Waals surface area contributed by atoms with Crippen LogP contribution in [0.4, 0.5) is 5.82 Å². The summed E-state index contributed by atoms with van der Waals surface area (Å²) in [4.78, 5) is 8.87. The smallest absolute Gasteiger partial charge is 0.216 e. The normalized spacial score (nSPS) is 10.9. The number of benzene rings is 1. The van der Waals surface area contributed by atoms with E-state index in [4.69, 9.17) is 16.3 Å². The Hall–Kier alpha value is -2.34. The third-order valence-electron chi connectivity index (χ3n) is 3.45. The van der Waals surface area contributed by atoms with Gasteiger partial charge in [-0.1, -0.05) is 17.7 Å². The van der Waals surface area contributed by atoms with Crippen LogP contribution in [0.3, 0.4) is 0 Å². The molecule has 0 spiro atoms. The van der Waals surface area contributed by atoms with Gasteiger partial charge in [0, 0.05) is 13.6 Å². The molecule has 0 unspecified atom stereocenters. The van der Waals surface area contributed by atoms with Gasteiger partial charge in [-0.3, -0.25) is 0 Å². The van der Waals surface area contributed by atoms with Gasteiger partial charge in [0.15, 0.2) is 0 Å². The average Bonchev–Trinajstić information content (AvgIpc) is 2.78.